The van der Waals surface area contributed by atoms with Crippen LogP contribution in [0.15, 0.2) is 42.6 Å². The number of aliphatic hydroxyl groups excluding tert-OH is 1. The minimum Gasteiger partial charge on any atom is -0.392 e. The van der Waals surface area contributed by atoms with Gasteiger partial charge in [-0.05, 0) is 12.5 Å². The van der Waals surface area contributed by atoms with E-state index in [0.717, 1.165) is 23.9 Å². The van der Waals surface area contributed by atoms with E-state index in [-0.39, 0.29) is 6.61 Å². The van der Waals surface area contributed by atoms with Gasteiger partial charge < -0.3 is 9.67 Å². The highest BCUT2D eigenvalue weighted by Crippen LogP contribution is 2.22. The van der Waals surface area contributed by atoms with Gasteiger partial charge in [-0.25, -0.2) is 0 Å². The fourth-order valence-electron chi connectivity index (χ4n) is 1.93. The van der Waals surface area contributed by atoms with Crippen LogP contribution in [0.2, 0.25) is 0 Å². The van der Waals surface area contributed by atoms with Crippen LogP contribution in [0.4, 0.5) is 0 Å². The van der Waals surface area contributed by atoms with Gasteiger partial charge in [0.1, 0.15) is 0 Å². The van der Waals surface area contributed by atoms with Gasteiger partial charge in [0, 0.05) is 29.2 Å². The van der Waals surface area contributed by atoms with Crippen molar-refractivity contribution in [3.8, 4) is 0 Å². The van der Waals surface area contributed by atoms with Gasteiger partial charge in [0.05, 0.1) is 6.61 Å². The topological polar surface area (TPSA) is 25.2 Å². The smallest absolute Gasteiger partial charge is 0.0702 e. The summed E-state index contributed by atoms with van der Waals surface area (Å²) in [6.45, 7) is 7.06. The van der Waals surface area contributed by atoms with E-state index >= 15 is 0 Å². The molecular weight excluding hydrogens is 198 g/mol. The molecule has 84 valence electrons. The molecule has 0 aliphatic carbocycles. The predicted molar refractivity (Wildman–Crippen MR) is 67.3 cm³/mol. The van der Waals surface area contributed by atoms with E-state index in [2.05, 4.69) is 24.1 Å². The monoisotopic (exact) mass is 215 g/mol. The molecule has 2 nitrogen and oxygen atoms in total. The van der Waals surface area contributed by atoms with Gasteiger partial charge in [-0.3, -0.25) is 0 Å². The van der Waals surface area contributed by atoms with Crippen molar-refractivity contribution in [1.82, 2.24) is 4.57 Å². The van der Waals surface area contributed by atoms with Crippen molar-refractivity contribution in [2.75, 3.05) is 0 Å². The summed E-state index contributed by atoms with van der Waals surface area (Å²) in [5.41, 5.74) is 3.35. The summed E-state index contributed by atoms with van der Waals surface area (Å²) in [5.74, 6) is 0. The molecule has 2 rings (SSSR count). The van der Waals surface area contributed by atoms with Gasteiger partial charge in [0.2, 0.25) is 0 Å². The lowest BCUT2D eigenvalue weighted by Gasteiger charge is -2.05. The lowest BCUT2D eigenvalue weighted by Crippen LogP contribution is -1.97. The largest absolute Gasteiger partial charge is 0.392 e. The highest BCUT2D eigenvalue weighted by molar-refractivity contribution is 5.83. The van der Waals surface area contributed by atoms with Crippen molar-refractivity contribution < 1.29 is 5.11 Å². The summed E-state index contributed by atoms with van der Waals surface area (Å²) in [4.78, 5) is 0. The first-order valence-electron chi connectivity index (χ1n) is 5.60. The van der Waals surface area contributed by atoms with E-state index < -0.39 is 0 Å². The maximum absolute atomic E-state index is 9.30. The van der Waals surface area contributed by atoms with E-state index in [4.69, 9.17) is 0 Å². The first kappa shape index (κ1) is 11.0. The van der Waals surface area contributed by atoms with Crippen molar-refractivity contribution >= 4 is 10.9 Å². The Labute approximate surface area is 95.8 Å². The molecule has 0 saturated carbocycles. The highest BCUT2D eigenvalue weighted by atomic mass is 16.3. The Morgan fingerprint density at radius 1 is 1.38 bits per heavy atom. The normalized spacial score (nSPS) is 10.9. The Balaban J connectivity index is 2.49. The maximum atomic E-state index is 9.30. The van der Waals surface area contributed by atoms with Gasteiger partial charge in [-0.15, -0.1) is 0 Å². The molecule has 0 radical (unpaired) electrons. The number of para-hydroxylation sites is 1. The molecule has 2 heteroatoms. The average molecular weight is 215 g/mol. The van der Waals surface area contributed by atoms with Crippen molar-refractivity contribution in [1.29, 1.82) is 0 Å². The summed E-state index contributed by atoms with van der Waals surface area (Å²) in [5, 5.41) is 10.4. The Bertz CT molecular complexity index is 510. The van der Waals surface area contributed by atoms with Crippen molar-refractivity contribution in [2.45, 2.75) is 26.5 Å². The van der Waals surface area contributed by atoms with Gasteiger partial charge in [0.15, 0.2) is 0 Å². The molecule has 0 amide bonds. The van der Waals surface area contributed by atoms with E-state index in [0.29, 0.717) is 0 Å². The molecule has 1 heterocycles. The third-order valence-electron chi connectivity index (χ3n) is 2.94. The Kier molecular flexibility index (Phi) is 3.11. The van der Waals surface area contributed by atoms with Crippen LogP contribution < -0.4 is 0 Å². The second kappa shape index (κ2) is 4.54. The molecule has 1 aromatic carbocycles. The van der Waals surface area contributed by atoms with Gasteiger partial charge in [-0.1, -0.05) is 37.3 Å². The average Bonchev–Trinajstić information content (AvgIpc) is 2.68. The summed E-state index contributed by atoms with van der Waals surface area (Å²) in [7, 11) is 0. The van der Waals surface area contributed by atoms with Crippen LogP contribution in [0.1, 0.15) is 18.9 Å². The molecule has 0 aliphatic heterocycles. The van der Waals surface area contributed by atoms with Gasteiger partial charge in [0.25, 0.3) is 0 Å². The Morgan fingerprint density at radius 3 is 2.81 bits per heavy atom. The SMILES string of the molecule is C=C(CC)Cn1cc(CO)c2ccccc21. The van der Waals surface area contributed by atoms with E-state index in [1.807, 2.05) is 24.4 Å². The number of fused-ring (bicyclic) bond motifs is 1. The number of allylic oxidation sites excluding steroid dienone is 1. The molecule has 0 spiro atoms. The van der Waals surface area contributed by atoms with Crippen LogP contribution >= 0.6 is 0 Å². The maximum Gasteiger partial charge on any atom is 0.0702 e. The fourth-order valence-corrected chi connectivity index (χ4v) is 1.93. The summed E-state index contributed by atoms with van der Waals surface area (Å²) in [6, 6.07) is 8.15. The molecule has 0 saturated heterocycles. The van der Waals surface area contributed by atoms with Crippen LogP contribution in [0.3, 0.4) is 0 Å². The Hall–Kier alpha value is -1.54. The van der Waals surface area contributed by atoms with E-state index in [9.17, 15) is 5.11 Å². The van der Waals surface area contributed by atoms with Crippen LogP contribution in [0.5, 0.6) is 0 Å². The molecular formula is C14H17NO. The van der Waals surface area contributed by atoms with Gasteiger partial charge >= 0.3 is 0 Å². The molecule has 1 N–H and O–H groups in total. The molecule has 0 aliphatic rings. The quantitative estimate of drug-likeness (QED) is 0.779. The zero-order valence-electron chi connectivity index (χ0n) is 9.61. The minimum atomic E-state index is 0.0894. The highest BCUT2D eigenvalue weighted by Gasteiger charge is 2.06. The number of aromatic nitrogens is 1. The number of hydrogen-bond donors (Lipinski definition) is 1. The molecule has 0 atom stereocenters. The third-order valence-corrected chi connectivity index (χ3v) is 2.94. The summed E-state index contributed by atoms with van der Waals surface area (Å²) in [6.07, 6.45) is 3.01. The predicted octanol–water partition coefficient (Wildman–Crippen LogP) is 3.10. The number of benzene rings is 1. The lowest BCUT2D eigenvalue weighted by molar-refractivity contribution is 0.283. The zero-order valence-corrected chi connectivity index (χ0v) is 9.61. The molecule has 0 unspecified atom stereocenters. The first-order valence-corrected chi connectivity index (χ1v) is 5.60. The second-order valence-electron chi connectivity index (χ2n) is 4.06. The summed E-state index contributed by atoms with van der Waals surface area (Å²) >= 11 is 0. The van der Waals surface area contributed by atoms with E-state index in [1.54, 1.807) is 0 Å². The molecule has 0 fully saturated rings. The number of aliphatic hydroxyl groups is 1. The van der Waals surface area contributed by atoms with Crippen LogP contribution in [-0.2, 0) is 13.2 Å². The summed E-state index contributed by atoms with van der Waals surface area (Å²) < 4.78 is 2.16. The Morgan fingerprint density at radius 2 is 2.12 bits per heavy atom. The zero-order chi connectivity index (χ0) is 11.5. The molecule has 0 bridgehead atoms. The fraction of sp³-hybridized carbons (Fsp3) is 0.286. The molecule has 2 aromatic rings. The van der Waals surface area contributed by atoms with E-state index in [1.165, 1.54) is 11.1 Å². The minimum absolute atomic E-state index is 0.0894. The second-order valence-corrected chi connectivity index (χ2v) is 4.06. The number of nitrogens with zero attached hydrogens (tertiary/aromatic N) is 1. The molecule has 16 heavy (non-hydrogen) atoms. The molecule has 1 aromatic heterocycles. The number of hydrogen-bond acceptors (Lipinski definition) is 1. The third kappa shape index (κ3) is 1.89. The first-order chi connectivity index (χ1) is 7.76. The van der Waals surface area contributed by atoms with Crippen molar-refractivity contribution in [3.63, 3.8) is 0 Å². The lowest BCUT2D eigenvalue weighted by atomic mass is 10.2. The number of rotatable bonds is 4. The van der Waals surface area contributed by atoms with Crippen LogP contribution in [-0.4, -0.2) is 9.67 Å². The van der Waals surface area contributed by atoms with Gasteiger partial charge in [-0.2, -0.15) is 0 Å². The van der Waals surface area contributed by atoms with Crippen molar-refractivity contribution in [3.05, 3.63) is 48.2 Å². The van der Waals surface area contributed by atoms with Crippen LogP contribution in [0.25, 0.3) is 10.9 Å². The van der Waals surface area contributed by atoms with Crippen LogP contribution in [0, 0.1) is 0 Å². The standard InChI is InChI=1S/C14H17NO/c1-3-11(2)8-15-9-12(10-16)13-6-4-5-7-14(13)15/h4-7,9,16H,2-3,8,10H2,1H3. The van der Waals surface area contributed by atoms with Crippen molar-refractivity contribution in [2.24, 2.45) is 0 Å².